The molecule has 30 heavy (non-hydrogen) atoms. The van der Waals surface area contributed by atoms with E-state index in [-0.39, 0.29) is 0 Å². The van der Waals surface area contributed by atoms with Crippen LogP contribution in [0.5, 0.6) is 11.5 Å². The topological polar surface area (TPSA) is 75.7 Å². The van der Waals surface area contributed by atoms with Crippen LogP contribution in [0.3, 0.4) is 0 Å². The standard InChI is InChI=1S/C23H17ClN2O4/c1-14(26-22(28)19-4-2-3-5-20(19)23(26)29)21(27)25-16-8-12-18(13-9-16)30-17-10-6-15(24)7-11-17/h2-14H,1H3,(H,25,27). The minimum atomic E-state index is -0.956. The zero-order valence-corrected chi connectivity index (χ0v) is 16.7. The molecule has 150 valence electrons. The summed E-state index contributed by atoms with van der Waals surface area (Å²) < 4.78 is 5.72. The van der Waals surface area contributed by atoms with Gasteiger partial charge in [0, 0.05) is 10.7 Å². The number of halogens is 1. The fourth-order valence-corrected chi connectivity index (χ4v) is 3.29. The lowest BCUT2D eigenvalue weighted by molar-refractivity contribution is -0.119. The Labute approximate surface area is 178 Å². The van der Waals surface area contributed by atoms with Crippen molar-refractivity contribution in [3.05, 3.63) is 88.9 Å². The van der Waals surface area contributed by atoms with Crippen LogP contribution in [0.15, 0.2) is 72.8 Å². The van der Waals surface area contributed by atoms with Crippen LogP contribution >= 0.6 is 11.6 Å². The van der Waals surface area contributed by atoms with Gasteiger partial charge in [0.05, 0.1) is 11.1 Å². The summed E-state index contributed by atoms with van der Waals surface area (Å²) in [6.45, 7) is 1.52. The molecule has 0 radical (unpaired) electrons. The van der Waals surface area contributed by atoms with Gasteiger partial charge in [-0.3, -0.25) is 19.3 Å². The van der Waals surface area contributed by atoms with Crippen LogP contribution in [0.25, 0.3) is 0 Å². The molecule has 0 spiro atoms. The fraction of sp³-hybridized carbons (Fsp3) is 0.0870. The molecule has 7 heteroatoms. The second-order valence-corrected chi connectivity index (χ2v) is 7.21. The lowest BCUT2D eigenvalue weighted by atomic mass is 10.1. The molecule has 3 aromatic rings. The average Bonchev–Trinajstić information content (AvgIpc) is 3.01. The summed E-state index contributed by atoms with van der Waals surface area (Å²) in [6, 6.07) is 19.3. The summed E-state index contributed by atoms with van der Waals surface area (Å²) >= 11 is 5.86. The summed E-state index contributed by atoms with van der Waals surface area (Å²) in [7, 11) is 0. The van der Waals surface area contributed by atoms with E-state index in [0.717, 1.165) is 4.90 Å². The van der Waals surface area contributed by atoms with Crippen LogP contribution in [-0.4, -0.2) is 28.7 Å². The molecule has 0 bridgehead atoms. The highest BCUT2D eigenvalue weighted by Gasteiger charge is 2.40. The predicted molar refractivity (Wildman–Crippen MR) is 113 cm³/mol. The Morgan fingerprint density at radius 2 is 1.37 bits per heavy atom. The molecule has 1 heterocycles. The lowest BCUT2D eigenvalue weighted by Gasteiger charge is -2.21. The van der Waals surface area contributed by atoms with Gasteiger partial charge in [0.25, 0.3) is 11.8 Å². The summed E-state index contributed by atoms with van der Waals surface area (Å²) in [4.78, 5) is 38.7. The maximum absolute atomic E-state index is 12.6. The average molecular weight is 421 g/mol. The van der Waals surface area contributed by atoms with Crippen molar-refractivity contribution in [3.8, 4) is 11.5 Å². The van der Waals surface area contributed by atoms with E-state index in [4.69, 9.17) is 16.3 Å². The molecular formula is C23H17ClN2O4. The second-order valence-electron chi connectivity index (χ2n) is 6.77. The van der Waals surface area contributed by atoms with Crippen LogP contribution < -0.4 is 10.1 Å². The molecule has 0 aliphatic carbocycles. The van der Waals surface area contributed by atoms with E-state index in [0.29, 0.717) is 33.3 Å². The van der Waals surface area contributed by atoms with E-state index in [1.54, 1.807) is 72.8 Å². The number of nitrogens with zero attached hydrogens (tertiary/aromatic N) is 1. The Bertz CT molecular complexity index is 1090. The van der Waals surface area contributed by atoms with Gasteiger partial charge in [-0.2, -0.15) is 0 Å². The van der Waals surface area contributed by atoms with Gasteiger partial charge in [0.2, 0.25) is 5.91 Å². The van der Waals surface area contributed by atoms with Crippen molar-refractivity contribution >= 4 is 35.0 Å². The summed E-state index contributed by atoms with van der Waals surface area (Å²) in [5.74, 6) is -0.176. The number of fused-ring (bicyclic) bond motifs is 1. The van der Waals surface area contributed by atoms with Gasteiger partial charge in [-0.15, -0.1) is 0 Å². The van der Waals surface area contributed by atoms with Gasteiger partial charge in [-0.25, -0.2) is 0 Å². The highest BCUT2D eigenvalue weighted by Crippen LogP contribution is 2.26. The summed E-state index contributed by atoms with van der Waals surface area (Å²) in [5.41, 5.74) is 1.14. The third kappa shape index (κ3) is 3.77. The van der Waals surface area contributed by atoms with E-state index >= 15 is 0 Å². The first-order chi connectivity index (χ1) is 14.4. The smallest absolute Gasteiger partial charge is 0.262 e. The van der Waals surface area contributed by atoms with Gasteiger partial charge in [0.1, 0.15) is 17.5 Å². The number of carbonyl (C=O) groups excluding carboxylic acids is 3. The van der Waals surface area contributed by atoms with Gasteiger partial charge in [-0.05, 0) is 67.6 Å². The maximum atomic E-state index is 12.6. The Kier molecular flexibility index (Phi) is 5.25. The molecule has 1 atom stereocenters. The van der Waals surface area contributed by atoms with Crippen molar-refractivity contribution in [2.75, 3.05) is 5.32 Å². The van der Waals surface area contributed by atoms with E-state index in [9.17, 15) is 14.4 Å². The number of hydrogen-bond donors (Lipinski definition) is 1. The molecule has 4 rings (SSSR count). The molecule has 0 saturated heterocycles. The first-order valence-corrected chi connectivity index (χ1v) is 9.63. The largest absolute Gasteiger partial charge is 0.457 e. The van der Waals surface area contributed by atoms with Gasteiger partial charge in [0.15, 0.2) is 0 Å². The zero-order valence-electron chi connectivity index (χ0n) is 16.0. The third-order valence-corrected chi connectivity index (χ3v) is 5.02. The Balaban J connectivity index is 1.42. The number of nitrogens with one attached hydrogen (secondary N) is 1. The highest BCUT2D eigenvalue weighted by molar-refractivity contribution is 6.30. The minimum absolute atomic E-state index is 0.311. The Morgan fingerprint density at radius 1 is 0.867 bits per heavy atom. The fourth-order valence-electron chi connectivity index (χ4n) is 3.17. The lowest BCUT2D eigenvalue weighted by Crippen LogP contribution is -2.45. The molecule has 0 saturated carbocycles. The highest BCUT2D eigenvalue weighted by atomic mass is 35.5. The number of carbonyl (C=O) groups is 3. The Morgan fingerprint density at radius 3 is 1.90 bits per heavy atom. The van der Waals surface area contributed by atoms with Crippen LogP contribution in [0.4, 0.5) is 5.69 Å². The normalized spacial score (nSPS) is 13.7. The SMILES string of the molecule is CC(C(=O)Nc1ccc(Oc2ccc(Cl)cc2)cc1)N1C(=O)c2ccccc2C1=O. The van der Waals surface area contributed by atoms with Crippen molar-refractivity contribution in [2.45, 2.75) is 13.0 Å². The number of benzene rings is 3. The molecule has 0 aromatic heterocycles. The quantitative estimate of drug-likeness (QED) is 0.604. The van der Waals surface area contributed by atoms with E-state index in [2.05, 4.69) is 5.32 Å². The maximum Gasteiger partial charge on any atom is 0.262 e. The van der Waals surface area contributed by atoms with E-state index < -0.39 is 23.8 Å². The molecule has 1 aliphatic rings. The Hall–Kier alpha value is -3.64. The number of rotatable bonds is 5. The molecule has 3 amide bonds. The molecular weight excluding hydrogens is 404 g/mol. The predicted octanol–water partition coefficient (Wildman–Crippen LogP) is 4.76. The van der Waals surface area contributed by atoms with Gasteiger partial charge in [-0.1, -0.05) is 23.7 Å². The van der Waals surface area contributed by atoms with Crippen LogP contribution in [0, 0.1) is 0 Å². The first-order valence-electron chi connectivity index (χ1n) is 9.25. The summed E-state index contributed by atoms with van der Waals surface area (Å²) in [6.07, 6.45) is 0. The number of ether oxygens (including phenoxy) is 1. The number of amides is 3. The number of hydrogen-bond acceptors (Lipinski definition) is 4. The van der Waals surface area contributed by atoms with Crippen molar-refractivity contribution in [2.24, 2.45) is 0 Å². The van der Waals surface area contributed by atoms with E-state index in [1.165, 1.54) is 6.92 Å². The second kappa shape index (κ2) is 8.00. The molecule has 0 fully saturated rings. The van der Waals surface area contributed by atoms with Crippen LogP contribution in [0.2, 0.25) is 5.02 Å². The molecule has 3 aromatic carbocycles. The monoisotopic (exact) mass is 420 g/mol. The number of anilines is 1. The van der Waals surface area contributed by atoms with Gasteiger partial charge < -0.3 is 10.1 Å². The molecule has 6 nitrogen and oxygen atoms in total. The summed E-state index contributed by atoms with van der Waals surface area (Å²) in [5, 5.41) is 3.35. The molecule has 1 N–H and O–H groups in total. The third-order valence-electron chi connectivity index (χ3n) is 4.76. The first kappa shape index (κ1) is 19.7. The van der Waals surface area contributed by atoms with Crippen LogP contribution in [-0.2, 0) is 4.79 Å². The zero-order chi connectivity index (χ0) is 21.3. The molecule has 1 unspecified atom stereocenters. The van der Waals surface area contributed by atoms with Crippen LogP contribution in [0.1, 0.15) is 27.6 Å². The van der Waals surface area contributed by atoms with Crippen molar-refractivity contribution < 1.29 is 19.1 Å². The minimum Gasteiger partial charge on any atom is -0.457 e. The molecule has 1 aliphatic heterocycles. The van der Waals surface area contributed by atoms with Crippen molar-refractivity contribution in [1.29, 1.82) is 0 Å². The van der Waals surface area contributed by atoms with Gasteiger partial charge >= 0.3 is 0 Å². The van der Waals surface area contributed by atoms with E-state index in [1.807, 2.05) is 0 Å². The number of imide groups is 1. The van der Waals surface area contributed by atoms with Crippen molar-refractivity contribution in [1.82, 2.24) is 4.90 Å². The van der Waals surface area contributed by atoms with Crippen molar-refractivity contribution in [3.63, 3.8) is 0 Å².